The maximum atomic E-state index is 12.8. The fraction of sp³-hybridized carbons (Fsp3) is 0.0625. The van der Waals surface area contributed by atoms with Crippen LogP contribution in [-0.4, -0.2) is 28.5 Å². The molecule has 0 bridgehead atoms. The van der Waals surface area contributed by atoms with E-state index >= 15 is 0 Å². The summed E-state index contributed by atoms with van der Waals surface area (Å²) in [5.74, 6) is -1.77. The van der Waals surface area contributed by atoms with E-state index in [2.05, 4.69) is 31.2 Å². The number of hydrogen-bond donors (Lipinski definition) is 3. The molecule has 0 saturated carbocycles. The molecule has 3 rings (SSSR count). The molecule has 9 heteroatoms. The number of H-pyrrole nitrogens is 2. The Bertz CT molecular complexity index is 1010. The summed E-state index contributed by atoms with van der Waals surface area (Å²) in [6, 6.07) is 7.98. The molecule has 128 valence electrons. The number of rotatable bonds is 4. The molecule has 0 fully saturated rings. The monoisotopic (exact) mass is 407 g/mol. The molecule has 0 saturated heterocycles. The number of carbonyl (C=O) groups excluding carboxylic acids is 2. The quantitative estimate of drug-likeness (QED) is 0.578. The minimum atomic E-state index is -0.736. The Morgan fingerprint density at radius 2 is 1.76 bits per heavy atom. The van der Waals surface area contributed by atoms with E-state index in [1.807, 2.05) is 0 Å². The van der Waals surface area contributed by atoms with E-state index in [1.54, 1.807) is 12.1 Å². The summed E-state index contributed by atoms with van der Waals surface area (Å²) in [7, 11) is 0. The zero-order chi connectivity index (χ0) is 18.0. The molecule has 0 spiro atoms. The van der Waals surface area contributed by atoms with E-state index in [4.69, 9.17) is 4.74 Å². The molecule has 0 aliphatic rings. The largest absolute Gasteiger partial charge is 0.452 e. The number of anilines is 1. The first-order valence-electron chi connectivity index (χ1n) is 7.06. The number of ether oxygens (including phenoxy) is 1. The Kier molecular flexibility index (Phi) is 4.66. The number of imidazole rings is 1. The van der Waals surface area contributed by atoms with Crippen LogP contribution < -0.4 is 11.0 Å². The van der Waals surface area contributed by atoms with Gasteiger partial charge < -0.3 is 20.0 Å². The number of carbonyl (C=O) groups is 2. The van der Waals surface area contributed by atoms with E-state index in [0.717, 1.165) is 12.1 Å². The molecular formula is C16H11BrFN3O4. The van der Waals surface area contributed by atoms with Gasteiger partial charge in [0.15, 0.2) is 6.61 Å². The Morgan fingerprint density at radius 1 is 1.12 bits per heavy atom. The Balaban J connectivity index is 1.64. The molecule has 3 aromatic rings. The van der Waals surface area contributed by atoms with Gasteiger partial charge in [-0.15, -0.1) is 0 Å². The van der Waals surface area contributed by atoms with Gasteiger partial charge in [-0.3, -0.25) is 4.79 Å². The van der Waals surface area contributed by atoms with Crippen LogP contribution in [0.2, 0.25) is 0 Å². The van der Waals surface area contributed by atoms with Gasteiger partial charge in [-0.25, -0.2) is 14.0 Å². The minimum absolute atomic E-state index is 0.140. The lowest BCUT2D eigenvalue weighted by molar-refractivity contribution is -0.119. The number of aromatic amines is 2. The molecule has 0 aliphatic heterocycles. The van der Waals surface area contributed by atoms with Gasteiger partial charge in [0.2, 0.25) is 0 Å². The van der Waals surface area contributed by atoms with Gasteiger partial charge in [0.25, 0.3) is 5.91 Å². The number of benzene rings is 2. The summed E-state index contributed by atoms with van der Waals surface area (Å²) in [6.07, 6.45) is 0. The molecule has 0 atom stereocenters. The molecular weight excluding hydrogens is 397 g/mol. The predicted molar refractivity (Wildman–Crippen MR) is 91.9 cm³/mol. The first kappa shape index (κ1) is 16.9. The maximum absolute atomic E-state index is 12.8. The lowest BCUT2D eigenvalue weighted by Gasteiger charge is -2.08. The lowest BCUT2D eigenvalue weighted by Crippen LogP contribution is -2.21. The number of esters is 1. The minimum Gasteiger partial charge on any atom is -0.452 e. The number of amides is 1. The summed E-state index contributed by atoms with van der Waals surface area (Å²) < 4.78 is 18.2. The molecule has 0 radical (unpaired) electrons. The third kappa shape index (κ3) is 3.94. The highest BCUT2D eigenvalue weighted by atomic mass is 79.9. The fourth-order valence-electron chi connectivity index (χ4n) is 2.14. The summed E-state index contributed by atoms with van der Waals surface area (Å²) in [5, 5.41) is 2.57. The fourth-order valence-corrected chi connectivity index (χ4v) is 2.58. The van der Waals surface area contributed by atoms with Crippen molar-refractivity contribution in [3.8, 4) is 0 Å². The summed E-state index contributed by atoms with van der Waals surface area (Å²) in [6.45, 7) is -0.510. The smallest absolute Gasteiger partial charge is 0.338 e. The van der Waals surface area contributed by atoms with Crippen molar-refractivity contribution in [2.45, 2.75) is 0 Å². The molecule has 0 aliphatic carbocycles. The van der Waals surface area contributed by atoms with Gasteiger partial charge in [0.05, 0.1) is 22.3 Å². The topological polar surface area (TPSA) is 104 Å². The van der Waals surface area contributed by atoms with Crippen LogP contribution in [0.5, 0.6) is 0 Å². The third-order valence-electron chi connectivity index (χ3n) is 3.29. The van der Waals surface area contributed by atoms with Crippen molar-refractivity contribution < 1.29 is 18.7 Å². The van der Waals surface area contributed by atoms with Gasteiger partial charge in [0.1, 0.15) is 5.82 Å². The molecule has 1 amide bonds. The van der Waals surface area contributed by atoms with Gasteiger partial charge in [0, 0.05) is 4.47 Å². The number of hydrogen-bond acceptors (Lipinski definition) is 4. The molecule has 7 nitrogen and oxygen atoms in total. The molecule has 0 unspecified atom stereocenters. The second-order valence-electron chi connectivity index (χ2n) is 5.09. The van der Waals surface area contributed by atoms with Crippen molar-refractivity contribution in [1.82, 2.24) is 9.97 Å². The Labute approximate surface area is 148 Å². The van der Waals surface area contributed by atoms with Crippen LogP contribution in [0.15, 0.2) is 45.7 Å². The first-order chi connectivity index (χ1) is 11.9. The predicted octanol–water partition coefficient (Wildman–Crippen LogP) is 2.55. The second-order valence-corrected chi connectivity index (χ2v) is 5.94. The van der Waals surface area contributed by atoms with Gasteiger partial charge in [-0.2, -0.15) is 0 Å². The van der Waals surface area contributed by atoms with Crippen LogP contribution in [0.3, 0.4) is 0 Å². The van der Waals surface area contributed by atoms with Crippen molar-refractivity contribution in [1.29, 1.82) is 0 Å². The van der Waals surface area contributed by atoms with Crippen LogP contribution in [-0.2, 0) is 9.53 Å². The lowest BCUT2D eigenvalue weighted by atomic mass is 10.2. The third-order valence-corrected chi connectivity index (χ3v) is 3.95. The first-order valence-corrected chi connectivity index (χ1v) is 7.86. The highest BCUT2D eigenvalue weighted by Crippen LogP contribution is 2.26. The van der Waals surface area contributed by atoms with Crippen molar-refractivity contribution >= 4 is 44.5 Å². The number of fused-ring (bicyclic) bond motifs is 1. The highest BCUT2D eigenvalue weighted by molar-refractivity contribution is 9.10. The average Bonchev–Trinajstić information content (AvgIpc) is 2.92. The highest BCUT2D eigenvalue weighted by Gasteiger charge is 2.12. The second kappa shape index (κ2) is 6.89. The molecule has 3 N–H and O–H groups in total. The molecule has 25 heavy (non-hydrogen) atoms. The van der Waals surface area contributed by atoms with Crippen LogP contribution >= 0.6 is 15.9 Å². The van der Waals surface area contributed by atoms with Crippen LogP contribution in [0.1, 0.15) is 10.4 Å². The van der Waals surface area contributed by atoms with E-state index in [1.165, 1.54) is 12.1 Å². The van der Waals surface area contributed by atoms with Gasteiger partial charge >= 0.3 is 11.7 Å². The zero-order valence-electron chi connectivity index (χ0n) is 12.6. The van der Waals surface area contributed by atoms with Crippen molar-refractivity contribution in [2.24, 2.45) is 0 Å². The van der Waals surface area contributed by atoms with Crippen molar-refractivity contribution in [3.63, 3.8) is 0 Å². The van der Waals surface area contributed by atoms with E-state index < -0.39 is 24.3 Å². The number of nitrogens with one attached hydrogen (secondary N) is 3. The Morgan fingerprint density at radius 3 is 2.44 bits per heavy atom. The van der Waals surface area contributed by atoms with E-state index in [9.17, 15) is 18.8 Å². The standard InChI is InChI=1S/C16H11BrFN3O4/c17-10-5-12-13(21-16(24)20-12)6-11(10)19-14(22)7-25-15(23)8-1-3-9(18)4-2-8/h1-6H,7H2,(H,19,22)(H2,20,21,24). The van der Waals surface area contributed by atoms with Crippen LogP contribution in [0, 0.1) is 5.82 Å². The van der Waals surface area contributed by atoms with Crippen molar-refractivity contribution in [2.75, 3.05) is 11.9 Å². The van der Waals surface area contributed by atoms with Crippen LogP contribution in [0.25, 0.3) is 11.0 Å². The molecule has 1 aromatic heterocycles. The SMILES string of the molecule is O=C(COC(=O)c1ccc(F)cc1)Nc1cc2[nH]c(=O)[nH]c2cc1Br. The summed E-state index contributed by atoms with van der Waals surface area (Å²) in [4.78, 5) is 40.2. The van der Waals surface area contributed by atoms with Crippen molar-refractivity contribution in [3.05, 3.63) is 62.7 Å². The molecule has 2 aromatic carbocycles. The Hall–Kier alpha value is -2.94. The van der Waals surface area contributed by atoms with E-state index in [-0.39, 0.29) is 11.3 Å². The number of aromatic nitrogens is 2. The summed E-state index contributed by atoms with van der Waals surface area (Å²) >= 11 is 3.28. The number of halogens is 2. The normalized spacial score (nSPS) is 10.6. The molecule has 1 heterocycles. The van der Waals surface area contributed by atoms with Gasteiger partial charge in [-0.05, 0) is 52.3 Å². The van der Waals surface area contributed by atoms with E-state index in [0.29, 0.717) is 21.2 Å². The zero-order valence-corrected chi connectivity index (χ0v) is 14.1. The summed E-state index contributed by atoms with van der Waals surface area (Å²) in [5.41, 5.74) is 1.29. The van der Waals surface area contributed by atoms with Gasteiger partial charge in [-0.1, -0.05) is 0 Å². The van der Waals surface area contributed by atoms with Crippen LogP contribution in [0.4, 0.5) is 10.1 Å². The maximum Gasteiger partial charge on any atom is 0.338 e. The average molecular weight is 408 g/mol.